The summed E-state index contributed by atoms with van der Waals surface area (Å²) < 4.78 is 44.3. The average Bonchev–Trinajstić information content (AvgIpc) is 3.33. The number of methoxy groups -OCH3 is 1. The zero-order valence-corrected chi connectivity index (χ0v) is 32.2. The summed E-state index contributed by atoms with van der Waals surface area (Å²) in [7, 11) is -1.20. The predicted octanol–water partition coefficient (Wildman–Crippen LogP) is 5.72. The van der Waals surface area contributed by atoms with Crippen molar-refractivity contribution in [2.24, 2.45) is 11.3 Å². The first-order valence-corrected chi connectivity index (χ1v) is 20.0. The quantitative estimate of drug-likeness (QED) is 0.0915. The molecule has 3 aromatic rings. The molecular formula is C41H56O9Si. The van der Waals surface area contributed by atoms with E-state index in [9.17, 15) is 9.90 Å². The van der Waals surface area contributed by atoms with Gasteiger partial charge < -0.3 is 38.0 Å². The van der Waals surface area contributed by atoms with Crippen LogP contribution < -0.4 is 10.4 Å². The van der Waals surface area contributed by atoms with Gasteiger partial charge in [-0.2, -0.15) is 0 Å². The second-order valence-corrected chi connectivity index (χ2v) is 19.6. The Hall–Kier alpha value is -2.93. The zero-order chi connectivity index (χ0) is 36.7. The van der Waals surface area contributed by atoms with Gasteiger partial charge in [0.05, 0.1) is 37.6 Å². The second-order valence-electron chi connectivity index (χ2n) is 15.2. The van der Waals surface area contributed by atoms with Crippen LogP contribution in [0.3, 0.4) is 0 Å². The molecule has 2 saturated heterocycles. The van der Waals surface area contributed by atoms with E-state index in [1.165, 1.54) is 10.4 Å². The molecule has 3 aromatic carbocycles. The molecule has 0 bridgehead atoms. The Bertz CT molecular complexity index is 1470. The minimum Gasteiger partial charge on any atom is -0.458 e. The van der Waals surface area contributed by atoms with Gasteiger partial charge >= 0.3 is 5.97 Å². The highest BCUT2D eigenvalue weighted by Gasteiger charge is 2.66. The first-order chi connectivity index (χ1) is 24.4. The predicted molar refractivity (Wildman–Crippen MR) is 199 cm³/mol. The third-order valence-electron chi connectivity index (χ3n) is 10.7. The molecule has 10 heteroatoms. The Morgan fingerprint density at radius 3 is 1.98 bits per heavy atom. The largest absolute Gasteiger partial charge is 0.458 e. The summed E-state index contributed by atoms with van der Waals surface area (Å²) in [6, 6.07) is 30.1. The van der Waals surface area contributed by atoms with Gasteiger partial charge in [-0.25, -0.2) is 4.79 Å². The number of rotatable bonds is 15. The van der Waals surface area contributed by atoms with Gasteiger partial charge in [0, 0.05) is 31.5 Å². The first-order valence-electron chi connectivity index (χ1n) is 18.1. The van der Waals surface area contributed by atoms with E-state index in [1.54, 1.807) is 19.2 Å². The smallest absolute Gasteiger partial charge is 0.338 e. The summed E-state index contributed by atoms with van der Waals surface area (Å²) in [6.45, 7) is 13.8. The molecule has 1 N–H and O–H groups in total. The lowest BCUT2D eigenvalue weighted by atomic mass is 9.73. The number of esters is 1. The summed E-state index contributed by atoms with van der Waals surface area (Å²) in [6.07, 6.45) is -1.38. The third-order valence-corrected chi connectivity index (χ3v) is 15.7. The first kappa shape index (κ1) is 39.3. The molecule has 2 aliphatic heterocycles. The Kier molecular flexibility index (Phi) is 13.0. The summed E-state index contributed by atoms with van der Waals surface area (Å²) >= 11 is 0. The fourth-order valence-electron chi connectivity index (χ4n) is 7.83. The van der Waals surface area contributed by atoms with E-state index in [0.717, 1.165) is 0 Å². The lowest BCUT2D eigenvalue weighted by molar-refractivity contribution is -0.333. The molecule has 0 amide bonds. The Morgan fingerprint density at radius 1 is 0.863 bits per heavy atom. The second kappa shape index (κ2) is 16.8. The molecule has 0 aromatic heterocycles. The van der Waals surface area contributed by atoms with Gasteiger partial charge in [0.2, 0.25) is 0 Å². The number of ether oxygens (including phenoxy) is 6. The lowest BCUT2D eigenvalue weighted by Crippen LogP contribution is -2.66. The Morgan fingerprint density at radius 2 is 1.43 bits per heavy atom. The maximum Gasteiger partial charge on any atom is 0.338 e. The van der Waals surface area contributed by atoms with Crippen molar-refractivity contribution in [3.63, 3.8) is 0 Å². The molecule has 0 radical (unpaired) electrons. The maximum absolute atomic E-state index is 13.5. The van der Waals surface area contributed by atoms with Crippen molar-refractivity contribution in [3.8, 4) is 0 Å². The number of hydrogen-bond donors (Lipinski definition) is 1. The Labute approximate surface area is 304 Å². The van der Waals surface area contributed by atoms with Crippen LogP contribution in [-0.2, 0) is 32.8 Å². The van der Waals surface area contributed by atoms with E-state index in [4.69, 9.17) is 32.8 Å². The van der Waals surface area contributed by atoms with Crippen LogP contribution in [0.2, 0.25) is 5.04 Å². The summed E-state index contributed by atoms with van der Waals surface area (Å²) in [5, 5.41) is 12.7. The zero-order valence-electron chi connectivity index (χ0n) is 31.2. The third kappa shape index (κ3) is 8.19. The average molecular weight is 721 g/mol. The molecule has 5 rings (SSSR count). The topological polar surface area (TPSA) is 102 Å². The summed E-state index contributed by atoms with van der Waals surface area (Å²) in [5.41, 5.74) is -0.286. The summed E-state index contributed by atoms with van der Waals surface area (Å²) in [4.78, 5) is 13.5. The van der Waals surface area contributed by atoms with Crippen LogP contribution in [0.4, 0.5) is 0 Å². The number of benzene rings is 3. The molecule has 51 heavy (non-hydrogen) atoms. The molecule has 0 unspecified atom stereocenters. The van der Waals surface area contributed by atoms with Crippen LogP contribution in [0, 0.1) is 11.3 Å². The van der Waals surface area contributed by atoms with Crippen LogP contribution in [0.25, 0.3) is 0 Å². The number of carbonyl (C=O) groups excluding carboxylic acids is 1. The standard InChI is InChI=1S/C41H56O9Si/c1-30-34(23-24-47-51(39(2,3)4,32-19-13-9-14-20-32)33-21-15-10-16-22-33)49-41(27-35(30)48-38(43)31-17-11-8-12-18-31)40(5,6)37(36(28-42)50-41)46-29-45-26-25-44-7/h8-22,30,34-37,42H,23-29H2,1-7H3/t30-,34+,35-,36-,37+,41-/m0/s1. The van der Waals surface area contributed by atoms with Gasteiger partial charge in [0.1, 0.15) is 19.0 Å². The van der Waals surface area contributed by atoms with Crippen molar-refractivity contribution in [1.82, 2.24) is 0 Å². The Balaban J connectivity index is 1.45. The highest BCUT2D eigenvalue weighted by Crippen LogP contribution is 2.55. The van der Waals surface area contributed by atoms with Crippen LogP contribution in [0.15, 0.2) is 91.0 Å². The fourth-order valence-corrected chi connectivity index (χ4v) is 12.4. The minimum absolute atomic E-state index is 0.00593. The molecule has 9 nitrogen and oxygen atoms in total. The summed E-state index contributed by atoms with van der Waals surface area (Å²) in [5.74, 6) is -1.82. The van der Waals surface area contributed by atoms with Gasteiger partial charge in [0.25, 0.3) is 8.32 Å². The van der Waals surface area contributed by atoms with Crippen molar-refractivity contribution in [1.29, 1.82) is 0 Å². The number of aliphatic hydroxyl groups excluding tert-OH is 1. The molecule has 1 spiro atoms. The molecular weight excluding hydrogens is 665 g/mol. The van der Waals surface area contributed by atoms with Crippen molar-refractivity contribution >= 4 is 24.7 Å². The van der Waals surface area contributed by atoms with Crippen LogP contribution in [0.5, 0.6) is 0 Å². The van der Waals surface area contributed by atoms with Gasteiger partial charge in [-0.1, -0.05) is 120 Å². The van der Waals surface area contributed by atoms with Gasteiger partial charge in [0.15, 0.2) is 5.79 Å². The van der Waals surface area contributed by atoms with E-state index >= 15 is 0 Å². The van der Waals surface area contributed by atoms with Gasteiger partial charge in [-0.3, -0.25) is 0 Å². The highest BCUT2D eigenvalue weighted by molar-refractivity contribution is 6.99. The number of carbonyl (C=O) groups is 1. The van der Waals surface area contributed by atoms with Crippen molar-refractivity contribution in [3.05, 3.63) is 96.6 Å². The van der Waals surface area contributed by atoms with E-state index in [2.05, 4.69) is 76.2 Å². The van der Waals surface area contributed by atoms with E-state index in [0.29, 0.717) is 31.8 Å². The van der Waals surface area contributed by atoms with E-state index in [1.807, 2.05) is 44.2 Å². The maximum atomic E-state index is 13.5. The van der Waals surface area contributed by atoms with Gasteiger partial charge in [-0.15, -0.1) is 0 Å². The van der Waals surface area contributed by atoms with E-state index < -0.39 is 49.9 Å². The SMILES string of the molecule is COCCOCO[C@@H]1[C@H](CO)O[C@@]2(C[C@H](OC(=O)c3ccccc3)[C@@H](C)[C@@H](CCO[Si](c3ccccc3)(c3ccccc3)C(C)(C)C)O2)C1(C)C. The molecule has 2 heterocycles. The van der Waals surface area contributed by atoms with Crippen molar-refractivity contribution in [2.45, 2.75) is 89.6 Å². The normalized spacial score (nSPS) is 26.3. The van der Waals surface area contributed by atoms with Crippen molar-refractivity contribution < 1.29 is 42.7 Å². The molecule has 2 fully saturated rings. The highest BCUT2D eigenvalue weighted by atomic mass is 28.4. The minimum atomic E-state index is -2.81. The lowest BCUT2D eigenvalue weighted by Gasteiger charge is -2.51. The monoisotopic (exact) mass is 720 g/mol. The molecule has 0 aliphatic carbocycles. The molecule has 278 valence electrons. The van der Waals surface area contributed by atoms with Crippen molar-refractivity contribution in [2.75, 3.05) is 40.3 Å². The molecule has 0 saturated carbocycles. The van der Waals surface area contributed by atoms with Crippen LogP contribution in [0.1, 0.15) is 64.7 Å². The molecule has 6 atom stereocenters. The number of hydrogen-bond acceptors (Lipinski definition) is 9. The molecule has 2 aliphatic rings. The van der Waals surface area contributed by atoms with Crippen LogP contribution in [-0.4, -0.2) is 89.9 Å². The van der Waals surface area contributed by atoms with Crippen LogP contribution >= 0.6 is 0 Å². The fraction of sp³-hybridized carbons (Fsp3) is 0.537. The van der Waals surface area contributed by atoms with E-state index in [-0.39, 0.29) is 30.8 Å². The van der Waals surface area contributed by atoms with Gasteiger partial charge in [-0.05, 0) is 34.0 Å². The number of aliphatic hydroxyl groups is 1.